The van der Waals surface area contributed by atoms with Crippen LogP contribution >= 0.6 is 0 Å². The molecule has 2 aromatic heterocycles. The molecule has 4 heterocycles. The molecule has 8 nitrogen and oxygen atoms in total. The topological polar surface area (TPSA) is 87.2 Å². The van der Waals surface area contributed by atoms with E-state index in [-0.39, 0.29) is 24.3 Å². The van der Waals surface area contributed by atoms with Crippen molar-refractivity contribution in [1.82, 2.24) is 25.5 Å². The molecule has 1 aromatic carbocycles. The first kappa shape index (κ1) is 15.7. The molecule has 8 heteroatoms. The van der Waals surface area contributed by atoms with Crippen molar-refractivity contribution in [2.75, 3.05) is 13.2 Å². The first-order valence-corrected chi connectivity index (χ1v) is 8.72. The minimum Gasteiger partial charge on any atom is -0.468 e. The van der Waals surface area contributed by atoms with Crippen molar-refractivity contribution >= 4 is 0 Å². The van der Waals surface area contributed by atoms with Crippen molar-refractivity contribution in [3.05, 3.63) is 54.5 Å². The van der Waals surface area contributed by atoms with E-state index < -0.39 is 0 Å². The SMILES string of the molecule is c1ccc(-c2nnnn2[C@@H]2CO[C@@H]3[C@@H]2OC[C@@H]3NCc2ccco2)cc1. The van der Waals surface area contributed by atoms with Gasteiger partial charge in [-0.3, -0.25) is 0 Å². The van der Waals surface area contributed by atoms with E-state index in [0.717, 1.165) is 17.1 Å². The highest BCUT2D eigenvalue weighted by molar-refractivity contribution is 5.54. The van der Waals surface area contributed by atoms with Gasteiger partial charge in [0.15, 0.2) is 5.82 Å². The zero-order valence-electron chi connectivity index (χ0n) is 14.1. The third-order valence-corrected chi connectivity index (χ3v) is 4.98. The number of fused-ring (bicyclic) bond motifs is 1. The summed E-state index contributed by atoms with van der Waals surface area (Å²) in [7, 11) is 0. The quantitative estimate of drug-likeness (QED) is 0.742. The Bertz CT molecular complexity index is 851. The van der Waals surface area contributed by atoms with Crippen LogP contribution in [0.3, 0.4) is 0 Å². The Balaban J connectivity index is 1.32. The predicted octanol–water partition coefficient (Wildman–Crippen LogP) is 1.43. The van der Waals surface area contributed by atoms with Gasteiger partial charge in [-0.2, -0.15) is 0 Å². The summed E-state index contributed by atoms with van der Waals surface area (Å²) in [5, 5.41) is 15.7. The second kappa shape index (κ2) is 6.64. The molecule has 2 aliphatic rings. The molecule has 1 N–H and O–H groups in total. The third-order valence-electron chi connectivity index (χ3n) is 4.98. The molecule has 4 atom stereocenters. The molecule has 3 aromatic rings. The van der Waals surface area contributed by atoms with Gasteiger partial charge in [-0.05, 0) is 22.6 Å². The van der Waals surface area contributed by atoms with Crippen molar-refractivity contribution in [1.29, 1.82) is 0 Å². The summed E-state index contributed by atoms with van der Waals surface area (Å²) in [6.07, 6.45) is 1.58. The minimum atomic E-state index is -0.0740. The van der Waals surface area contributed by atoms with Crippen LogP contribution in [0.25, 0.3) is 11.4 Å². The fourth-order valence-electron chi connectivity index (χ4n) is 3.70. The highest BCUT2D eigenvalue weighted by Crippen LogP contribution is 2.35. The number of hydrogen-bond acceptors (Lipinski definition) is 7. The van der Waals surface area contributed by atoms with Crippen LogP contribution in [0.1, 0.15) is 11.8 Å². The lowest BCUT2D eigenvalue weighted by molar-refractivity contribution is 0.0621. The smallest absolute Gasteiger partial charge is 0.182 e. The van der Waals surface area contributed by atoms with E-state index in [2.05, 4.69) is 20.8 Å². The van der Waals surface area contributed by atoms with Gasteiger partial charge in [0.2, 0.25) is 0 Å². The lowest BCUT2D eigenvalue weighted by Gasteiger charge is -2.18. The molecule has 2 aliphatic heterocycles. The molecule has 0 spiro atoms. The Labute approximate surface area is 150 Å². The van der Waals surface area contributed by atoms with E-state index in [1.807, 2.05) is 47.1 Å². The van der Waals surface area contributed by atoms with Gasteiger partial charge in [0.05, 0.1) is 32.1 Å². The standard InChI is InChI=1S/C18H19N5O3/c1-2-5-12(6-3-1)18-20-21-22-23(18)15-11-26-16-14(10-25-17(15)16)19-9-13-7-4-8-24-13/h1-8,14-17,19H,9-11H2/t14-,15+,16-,17+/m0/s1. The number of benzene rings is 1. The van der Waals surface area contributed by atoms with E-state index in [1.54, 1.807) is 6.26 Å². The van der Waals surface area contributed by atoms with Crippen LogP contribution in [-0.4, -0.2) is 51.7 Å². The van der Waals surface area contributed by atoms with Crippen LogP contribution in [0.5, 0.6) is 0 Å². The predicted molar refractivity (Wildman–Crippen MR) is 91.1 cm³/mol. The number of nitrogens with zero attached hydrogens (tertiary/aromatic N) is 4. The fourth-order valence-corrected chi connectivity index (χ4v) is 3.70. The molecule has 2 saturated heterocycles. The maximum absolute atomic E-state index is 6.05. The van der Waals surface area contributed by atoms with Gasteiger partial charge in [0, 0.05) is 5.56 Å². The number of rotatable bonds is 5. The van der Waals surface area contributed by atoms with E-state index >= 15 is 0 Å². The second-order valence-corrected chi connectivity index (χ2v) is 6.54. The average Bonchev–Trinajstić information content (AvgIpc) is 3.44. The molecule has 0 bridgehead atoms. The van der Waals surface area contributed by atoms with Gasteiger partial charge in [-0.1, -0.05) is 30.3 Å². The summed E-state index contributed by atoms with van der Waals surface area (Å²) in [5.74, 6) is 1.63. The molecule has 2 fully saturated rings. The molecule has 0 saturated carbocycles. The average molecular weight is 353 g/mol. The molecular weight excluding hydrogens is 334 g/mol. The van der Waals surface area contributed by atoms with Crippen molar-refractivity contribution in [3.63, 3.8) is 0 Å². The Kier molecular flexibility index (Phi) is 4.00. The van der Waals surface area contributed by atoms with Crippen LogP contribution in [0.4, 0.5) is 0 Å². The normalized spacial score (nSPS) is 27.7. The Morgan fingerprint density at radius 1 is 1.04 bits per heavy atom. The summed E-state index contributed by atoms with van der Waals surface area (Å²) < 4.78 is 19.3. The van der Waals surface area contributed by atoms with Gasteiger partial charge < -0.3 is 19.2 Å². The van der Waals surface area contributed by atoms with Crippen LogP contribution in [0.15, 0.2) is 53.1 Å². The number of furan rings is 1. The Hall–Kier alpha value is -2.55. The summed E-state index contributed by atoms with van der Waals surface area (Å²) in [6, 6.07) is 13.8. The molecule has 134 valence electrons. The van der Waals surface area contributed by atoms with Crippen molar-refractivity contribution in [2.45, 2.75) is 30.8 Å². The lowest BCUT2D eigenvalue weighted by atomic mass is 10.1. The molecule has 0 radical (unpaired) electrons. The highest BCUT2D eigenvalue weighted by Gasteiger charge is 2.49. The van der Waals surface area contributed by atoms with Crippen LogP contribution in [0, 0.1) is 0 Å². The minimum absolute atomic E-state index is 0.0252. The summed E-state index contributed by atoms with van der Waals surface area (Å²) in [4.78, 5) is 0. The zero-order valence-corrected chi connectivity index (χ0v) is 14.1. The zero-order chi connectivity index (χ0) is 17.3. The van der Waals surface area contributed by atoms with Crippen LogP contribution < -0.4 is 5.32 Å². The molecule has 0 aliphatic carbocycles. The molecular formula is C18H19N5O3. The largest absolute Gasteiger partial charge is 0.468 e. The number of tetrazole rings is 1. The number of aromatic nitrogens is 4. The van der Waals surface area contributed by atoms with E-state index in [4.69, 9.17) is 13.9 Å². The molecule has 0 amide bonds. The van der Waals surface area contributed by atoms with Gasteiger partial charge in [0.1, 0.15) is 24.0 Å². The van der Waals surface area contributed by atoms with Crippen molar-refractivity contribution < 1.29 is 13.9 Å². The summed E-state index contributed by atoms with van der Waals surface area (Å²) in [6.45, 7) is 1.77. The molecule has 0 unspecified atom stereocenters. The van der Waals surface area contributed by atoms with E-state index in [9.17, 15) is 0 Å². The van der Waals surface area contributed by atoms with Crippen LogP contribution in [0.2, 0.25) is 0 Å². The van der Waals surface area contributed by atoms with Gasteiger partial charge in [-0.25, -0.2) is 4.68 Å². The fraction of sp³-hybridized carbons (Fsp3) is 0.389. The highest BCUT2D eigenvalue weighted by atomic mass is 16.6. The summed E-state index contributed by atoms with van der Waals surface area (Å²) >= 11 is 0. The van der Waals surface area contributed by atoms with Gasteiger partial charge in [0.25, 0.3) is 0 Å². The number of ether oxygens (including phenoxy) is 2. The third kappa shape index (κ3) is 2.72. The number of hydrogen-bond donors (Lipinski definition) is 1. The first-order valence-electron chi connectivity index (χ1n) is 8.72. The second-order valence-electron chi connectivity index (χ2n) is 6.54. The van der Waals surface area contributed by atoms with Crippen molar-refractivity contribution in [2.24, 2.45) is 0 Å². The van der Waals surface area contributed by atoms with Gasteiger partial charge in [-0.15, -0.1) is 5.10 Å². The monoisotopic (exact) mass is 353 g/mol. The van der Waals surface area contributed by atoms with Gasteiger partial charge >= 0.3 is 0 Å². The molecule has 5 rings (SSSR count). The lowest BCUT2D eigenvalue weighted by Crippen LogP contribution is -2.40. The number of nitrogens with one attached hydrogen (secondary N) is 1. The summed E-state index contributed by atoms with van der Waals surface area (Å²) in [5.41, 5.74) is 0.978. The molecule has 26 heavy (non-hydrogen) atoms. The van der Waals surface area contributed by atoms with E-state index in [1.165, 1.54) is 0 Å². The van der Waals surface area contributed by atoms with E-state index in [0.29, 0.717) is 19.8 Å². The van der Waals surface area contributed by atoms with Crippen LogP contribution in [-0.2, 0) is 16.0 Å². The Morgan fingerprint density at radius 3 is 2.77 bits per heavy atom. The maximum Gasteiger partial charge on any atom is 0.182 e. The Morgan fingerprint density at radius 2 is 1.92 bits per heavy atom. The van der Waals surface area contributed by atoms with Crippen molar-refractivity contribution in [3.8, 4) is 11.4 Å². The maximum atomic E-state index is 6.05. The first-order chi connectivity index (χ1) is 12.9.